The summed E-state index contributed by atoms with van der Waals surface area (Å²) in [5, 5.41) is 29.3. The molecule has 2 aromatic carbocycles. The lowest BCUT2D eigenvalue weighted by Crippen LogP contribution is -2.48. The molecule has 0 saturated heterocycles. The fourth-order valence-electron chi connectivity index (χ4n) is 6.70. The zero-order valence-electron chi connectivity index (χ0n) is 35.1. The Morgan fingerprint density at radius 1 is 0.787 bits per heavy atom. The van der Waals surface area contributed by atoms with Crippen LogP contribution in [-0.4, -0.2) is 107 Å². The monoisotopic (exact) mass is 854 g/mol. The Morgan fingerprint density at radius 2 is 1.44 bits per heavy atom. The SMILES string of the molecule is CC(C)(C)[C@H](c1cc(-c2cc(F)ccc2F)cn1Cc1ccccc1)N(CC[C@H](N)C(=O)NCCNC(=O)CNC(=O)CCCC(=O)NCCCC[C@H](N)C(=O)O)C(=O)CO. The summed E-state index contributed by atoms with van der Waals surface area (Å²) in [5.74, 6) is -4.64. The largest absolute Gasteiger partial charge is 0.480 e. The quantitative estimate of drug-likeness (QED) is 0.0578. The molecule has 0 unspecified atom stereocenters. The zero-order valence-corrected chi connectivity index (χ0v) is 35.1. The van der Waals surface area contributed by atoms with E-state index in [0.717, 1.165) is 23.8 Å². The number of aliphatic carboxylic acids is 1. The number of halogens is 2. The van der Waals surface area contributed by atoms with Crippen molar-refractivity contribution in [2.45, 2.75) is 90.4 Å². The highest BCUT2D eigenvalue weighted by molar-refractivity contribution is 5.85. The van der Waals surface area contributed by atoms with E-state index in [-0.39, 0.29) is 63.3 Å². The number of carboxylic acids is 1. The van der Waals surface area contributed by atoms with Crippen molar-refractivity contribution in [1.29, 1.82) is 0 Å². The maximum Gasteiger partial charge on any atom is 0.320 e. The van der Waals surface area contributed by atoms with Gasteiger partial charge in [0.25, 0.3) is 0 Å². The number of aliphatic hydroxyl groups excluding tert-OH is 1. The number of nitrogens with zero attached hydrogens (tertiary/aromatic N) is 2. The Hall–Kier alpha value is -5.72. The molecule has 0 fully saturated rings. The Kier molecular flexibility index (Phi) is 20.0. The molecule has 0 aliphatic rings. The molecule has 10 N–H and O–H groups in total. The molecule has 334 valence electrons. The van der Waals surface area contributed by atoms with Gasteiger partial charge < -0.3 is 52.4 Å². The number of carbonyl (C=O) groups is 6. The van der Waals surface area contributed by atoms with Crippen molar-refractivity contribution in [2.75, 3.05) is 39.3 Å². The van der Waals surface area contributed by atoms with Gasteiger partial charge in [0.1, 0.15) is 24.3 Å². The lowest BCUT2D eigenvalue weighted by Gasteiger charge is -2.41. The third-order valence-electron chi connectivity index (χ3n) is 9.83. The van der Waals surface area contributed by atoms with E-state index in [1.807, 2.05) is 55.7 Å². The molecule has 0 spiro atoms. The van der Waals surface area contributed by atoms with Gasteiger partial charge in [0.15, 0.2) is 0 Å². The molecule has 0 saturated carbocycles. The topological polar surface area (TPSA) is 251 Å². The first-order valence-corrected chi connectivity index (χ1v) is 20.3. The van der Waals surface area contributed by atoms with Crippen LogP contribution in [0, 0.1) is 17.0 Å². The van der Waals surface area contributed by atoms with Crippen molar-refractivity contribution in [3.05, 3.63) is 83.7 Å². The third-order valence-corrected chi connectivity index (χ3v) is 9.83. The molecule has 0 aliphatic heterocycles. The molecule has 61 heavy (non-hydrogen) atoms. The third kappa shape index (κ3) is 16.7. The summed E-state index contributed by atoms with van der Waals surface area (Å²) in [6.45, 7) is 5.29. The van der Waals surface area contributed by atoms with E-state index in [1.54, 1.807) is 12.3 Å². The Morgan fingerprint density at radius 3 is 2.10 bits per heavy atom. The van der Waals surface area contributed by atoms with E-state index in [2.05, 4.69) is 21.3 Å². The summed E-state index contributed by atoms with van der Waals surface area (Å²) < 4.78 is 31.2. The van der Waals surface area contributed by atoms with Gasteiger partial charge in [-0.05, 0) is 67.3 Å². The van der Waals surface area contributed by atoms with Crippen LogP contribution >= 0.6 is 0 Å². The molecule has 3 rings (SSSR count). The van der Waals surface area contributed by atoms with Gasteiger partial charge in [-0.3, -0.25) is 28.8 Å². The first-order chi connectivity index (χ1) is 28.9. The summed E-state index contributed by atoms with van der Waals surface area (Å²) in [6, 6.07) is 11.6. The number of nitrogens with two attached hydrogens (primary N) is 2. The number of nitrogens with one attached hydrogen (secondary N) is 4. The van der Waals surface area contributed by atoms with Crippen LogP contribution in [0.2, 0.25) is 0 Å². The number of amides is 5. The number of carboxylic acid groups (broad SMARTS) is 1. The average molecular weight is 855 g/mol. The van der Waals surface area contributed by atoms with Crippen LogP contribution < -0.4 is 32.7 Å². The molecule has 16 nitrogen and oxygen atoms in total. The normalized spacial score (nSPS) is 12.8. The first-order valence-electron chi connectivity index (χ1n) is 20.3. The van der Waals surface area contributed by atoms with E-state index in [1.165, 1.54) is 4.90 Å². The van der Waals surface area contributed by atoms with Crippen LogP contribution in [0.1, 0.15) is 83.0 Å². The number of carbonyl (C=O) groups excluding carboxylic acids is 5. The minimum atomic E-state index is -1.08. The Balaban J connectivity index is 1.52. The summed E-state index contributed by atoms with van der Waals surface area (Å²) in [6.07, 6.45) is 3.52. The average Bonchev–Trinajstić information content (AvgIpc) is 3.62. The molecule has 5 amide bonds. The van der Waals surface area contributed by atoms with Gasteiger partial charge in [-0.1, -0.05) is 51.1 Å². The highest BCUT2D eigenvalue weighted by atomic mass is 19.1. The van der Waals surface area contributed by atoms with E-state index in [0.29, 0.717) is 43.6 Å². The predicted octanol–water partition coefficient (Wildman–Crippen LogP) is 2.32. The van der Waals surface area contributed by atoms with E-state index in [4.69, 9.17) is 16.6 Å². The number of hydrogen-bond donors (Lipinski definition) is 8. The van der Waals surface area contributed by atoms with Crippen LogP contribution in [0.15, 0.2) is 60.8 Å². The van der Waals surface area contributed by atoms with Crippen molar-refractivity contribution in [3.63, 3.8) is 0 Å². The summed E-state index contributed by atoms with van der Waals surface area (Å²) in [5.41, 5.74) is 13.0. The van der Waals surface area contributed by atoms with E-state index < -0.39 is 71.4 Å². The van der Waals surface area contributed by atoms with Gasteiger partial charge in [0.05, 0.1) is 18.6 Å². The lowest BCUT2D eigenvalue weighted by atomic mass is 9.82. The predicted molar refractivity (Wildman–Crippen MR) is 224 cm³/mol. The smallest absolute Gasteiger partial charge is 0.320 e. The van der Waals surface area contributed by atoms with E-state index in [9.17, 15) is 38.3 Å². The van der Waals surface area contributed by atoms with Gasteiger partial charge in [0.2, 0.25) is 29.5 Å². The van der Waals surface area contributed by atoms with Crippen LogP contribution in [-0.2, 0) is 35.3 Å². The number of aromatic nitrogens is 1. The van der Waals surface area contributed by atoms with Crippen molar-refractivity contribution in [3.8, 4) is 11.1 Å². The lowest BCUT2D eigenvalue weighted by molar-refractivity contribution is -0.140. The van der Waals surface area contributed by atoms with Gasteiger partial charge in [0, 0.05) is 68.6 Å². The second-order valence-electron chi connectivity index (χ2n) is 15.9. The van der Waals surface area contributed by atoms with Crippen LogP contribution in [0.25, 0.3) is 11.1 Å². The van der Waals surface area contributed by atoms with Gasteiger partial charge in [-0.15, -0.1) is 0 Å². The van der Waals surface area contributed by atoms with Crippen molar-refractivity contribution >= 4 is 35.5 Å². The molecule has 1 heterocycles. The molecule has 18 heteroatoms. The number of rotatable bonds is 25. The molecule has 0 aliphatic carbocycles. The number of aliphatic hydroxyl groups is 1. The molecular formula is C43H60F2N8O8. The van der Waals surface area contributed by atoms with Crippen LogP contribution in [0.4, 0.5) is 8.78 Å². The zero-order chi connectivity index (χ0) is 45.1. The standard InChI is InChI=1S/C43H60F2N8O8/c1-43(2,3)40(35-22-29(31-23-30(44)15-16-32(31)45)26-52(35)25-28-10-5-4-6-11-28)53(39(58)27-54)21-17-33(46)41(59)50-20-19-49-38(57)24-51-37(56)14-9-13-36(55)48-18-8-7-12-34(47)42(60)61/h4-6,10-11,15-16,22-23,26,33-34,40,54H,7-9,12-14,17-21,24-25,27,46-47H2,1-3H3,(H,48,55)(H,49,57)(H,50,59)(H,51,56)(H,60,61)/t33-,34-,40-/m0/s1. The van der Waals surface area contributed by atoms with Crippen LogP contribution in [0.3, 0.4) is 0 Å². The number of benzene rings is 2. The second kappa shape index (κ2) is 24.5. The van der Waals surface area contributed by atoms with Gasteiger partial charge >= 0.3 is 5.97 Å². The molecular weight excluding hydrogens is 795 g/mol. The Bertz CT molecular complexity index is 1940. The minimum Gasteiger partial charge on any atom is -0.480 e. The highest BCUT2D eigenvalue weighted by Crippen LogP contribution is 2.41. The molecule has 0 radical (unpaired) electrons. The maximum atomic E-state index is 15.0. The second-order valence-corrected chi connectivity index (χ2v) is 15.9. The number of hydrogen-bond acceptors (Lipinski definition) is 9. The minimum absolute atomic E-state index is 0.00124. The molecule has 3 aromatic rings. The van der Waals surface area contributed by atoms with Gasteiger partial charge in [-0.25, -0.2) is 8.78 Å². The number of unbranched alkanes of at least 4 members (excludes halogenated alkanes) is 1. The molecule has 0 bridgehead atoms. The highest BCUT2D eigenvalue weighted by Gasteiger charge is 2.37. The van der Waals surface area contributed by atoms with Crippen molar-refractivity contribution in [1.82, 2.24) is 30.7 Å². The Labute approximate surface area is 354 Å². The fourth-order valence-corrected chi connectivity index (χ4v) is 6.70. The van der Waals surface area contributed by atoms with Crippen LogP contribution in [0.5, 0.6) is 0 Å². The summed E-state index contributed by atoms with van der Waals surface area (Å²) >= 11 is 0. The van der Waals surface area contributed by atoms with E-state index >= 15 is 4.39 Å². The maximum absolute atomic E-state index is 15.0. The molecule has 3 atom stereocenters. The first kappa shape index (κ1) is 49.6. The van der Waals surface area contributed by atoms with Crippen molar-refractivity contribution in [2.24, 2.45) is 16.9 Å². The summed E-state index contributed by atoms with van der Waals surface area (Å²) in [7, 11) is 0. The fraction of sp³-hybridized carbons (Fsp3) is 0.488. The molecule has 1 aromatic heterocycles. The van der Waals surface area contributed by atoms with Crippen molar-refractivity contribution < 1.29 is 47.8 Å². The van der Waals surface area contributed by atoms with Gasteiger partial charge in [-0.2, -0.15) is 0 Å². The summed E-state index contributed by atoms with van der Waals surface area (Å²) in [4.78, 5) is 75.0.